The average molecular weight is 426 g/mol. The second-order valence-electron chi connectivity index (χ2n) is 8.55. The van der Waals surface area contributed by atoms with Gasteiger partial charge >= 0.3 is 0 Å². The van der Waals surface area contributed by atoms with Crippen LogP contribution >= 0.6 is 12.2 Å². The lowest BCUT2D eigenvalue weighted by atomic mass is 10.0. The first kappa shape index (κ1) is 20.0. The van der Waals surface area contributed by atoms with Crippen molar-refractivity contribution >= 4 is 17.3 Å². The number of thiocarbonyl (C=S) groups is 1. The lowest BCUT2D eigenvalue weighted by molar-refractivity contribution is 0.0349. The van der Waals surface area contributed by atoms with Crippen molar-refractivity contribution < 1.29 is 4.74 Å². The van der Waals surface area contributed by atoms with Crippen LogP contribution in [0.25, 0.3) is 0 Å². The van der Waals surface area contributed by atoms with Crippen LogP contribution in [0.4, 0.5) is 0 Å². The van der Waals surface area contributed by atoms with Crippen molar-refractivity contribution in [2.45, 2.75) is 43.8 Å². The number of aromatic nitrogens is 2. The monoisotopic (exact) mass is 425 g/mol. The van der Waals surface area contributed by atoms with Crippen molar-refractivity contribution in [3.63, 3.8) is 0 Å². The van der Waals surface area contributed by atoms with Crippen LogP contribution in [-0.4, -0.2) is 63.9 Å². The summed E-state index contributed by atoms with van der Waals surface area (Å²) in [5.41, 5.74) is 2.41. The summed E-state index contributed by atoms with van der Waals surface area (Å²) < 4.78 is 8.03. The van der Waals surface area contributed by atoms with E-state index in [4.69, 9.17) is 17.0 Å². The second-order valence-corrected chi connectivity index (χ2v) is 8.94. The van der Waals surface area contributed by atoms with Gasteiger partial charge in [-0.1, -0.05) is 18.9 Å². The second kappa shape index (κ2) is 9.04. The van der Waals surface area contributed by atoms with Crippen molar-refractivity contribution in [1.82, 2.24) is 24.7 Å². The molecule has 2 aromatic rings. The van der Waals surface area contributed by atoms with Gasteiger partial charge in [0.15, 0.2) is 5.11 Å². The predicted octanol–water partition coefficient (Wildman–Crippen LogP) is 3.30. The molecule has 0 unspecified atom stereocenters. The Hall–Kier alpha value is -1.96. The molecular weight excluding hydrogens is 394 g/mol. The molecule has 4 heterocycles. The Morgan fingerprint density at radius 2 is 1.90 bits per heavy atom. The van der Waals surface area contributed by atoms with Crippen LogP contribution in [0.15, 0.2) is 42.7 Å². The summed E-state index contributed by atoms with van der Waals surface area (Å²) in [6.07, 6.45) is 9.34. The first-order chi connectivity index (χ1) is 14.8. The minimum Gasteiger partial charge on any atom is -0.379 e. The highest BCUT2D eigenvalue weighted by Gasteiger charge is 2.41. The van der Waals surface area contributed by atoms with E-state index in [-0.39, 0.29) is 12.1 Å². The highest BCUT2D eigenvalue weighted by Crippen LogP contribution is 2.41. The van der Waals surface area contributed by atoms with Gasteiger partial charge in [-0.3, -0.25) is 9.88 Å². The fourth-order valence-corrected chi connectivity index (χ4v) is 5.55. The summed E-state index contributed by atoms with van der Waals surface area (Å²) in [6, 6.07) is 11.5. The number of morpholine rings is 1. The van der Waals surface area contributed by atoms with Gasteiger partial charge in [-0.25, -0.2) is 0 Å². The van der Waals surface area contributed by atoms with Crippen LogP contribution in [0.3, 0.4) is 0 Å². The molecule has 7 heteroatoms. The Kier molecular flexibility index (Phi) is 6.02. The molecule has 1 saturated carbocycles. The molecule has 3 fully saturated rings. The number of pyridine rings is 1. The third kappa shape index (κ3) is 3.98. The lowest BCUT2D eigenvalue weighted by Gasteiger charge is -2.33. The summed E-state index contributed by atoms with van der Waals surface area (Å²) in [6.45, 7) is 5.57. The van der Waals surface area contributed by atoms with Crippen LogP contribution in [0.2, 0.25) is 0 Å². The first-order valence-corrected chi connectivity index (χ1v) is 11.7. The highest BCUT2D eigenvalue weighted by atomic mass is 32.1. The third-order valence-corrected chi connectivity index (χ3v) is 7.14. The molecular formula is C23H31N5OS. The summed E-state index contributed by atoms with van der Waals surface area (Å²) in [5, 5.41) is 4.44. The van der Waals surface area contributed by atoms with Gasteiger partial charge in [0.1, 0.15) is 0 Å². The van der Waals surface area contributed by atoms with Gasteiger partial charge < -0.3 is 19.5 Å². The zero-order chi connectivity index (χ0) is 20.3. The van der Waals surface area contributed by atoms with Crippen molar-refractivity contribution in [2.75, 3.05) is 39.4 Å². The summed E-state index contributed by atoms with van der Waals surface area (Å²) in [5.74, 6) is 0. The van der Waals surface area contributed by atoms with Gasteiger partial charge in [0.05, 0.1) is 31.0 Å². The molecule has 0 radical (unpaired) electrons. The quantitative estimate of drug-likeness (QED) is 0.717. The van der Waals surface area contributed by atoms with Crippen LogP contribution in [0.1, 0.15) is 55.2 Å². The molecule has 160 valence electrons. The molecule has 2 atom stereocenters. The van der Waals surface area contributed by atoms with Gasteiger partial charge in [-0.2, -0.15) is 0 Å². The smallest absolute Gasteiger partial charge is 0.170 e. The molecule has 2 aliphatic heterocycles. The Morgan fingerprint density at radius 3 is 2.67 bits per heavy atom. The van der Waals surface area contributed by atoms with E-state index in [1.54, 1.807) is 0 Å². The Morgan fingerprint density at radius 1 is 1.07 bits per heavy atom. The van der Waals surface area contributed by atoms with E-state index < -0.39 is 0 Å². The maximum Gasteiger partial charge on any atom is 0.170 e. The summed E-state index contributed by atoms with van der Waals surface area (Å²) in [7, 11) is 0. The minimum atomic E-state index is 0.0680. The molecule has 0 bridgehead atoms. The van der Waals surface area contributed by atoms with E-state index >= 15 is 0 Å². The van der Waals surface area contributed by atoms with E-state index in [2.05, 4.69) is 55.1 Å². The predicted molar refractivity (Wildman–Crippen MR) is 121 cm³/mol. The van der Waals surface area contributed by atoms with E-state index in [0.29, 0.717) is 6.04 Å². The standard InChI is InChI=1S/C23H31N5OS/c30-23-25-21(19-8-3-4-10-24-19)22(28(23)13-12-26-14-16-29-17-15-26)20-9-5-11-27(20)18-6-1-2-7-18/h3-5,8-11,18,21-22H,1-2,6-7,12-17H2,(H,25,30)/t21-,22-/m1/s1. The van der Waals surface area contributed by atoms with Gasteiger partial charge in [-0.15, -0.1) is 0 Å². The SMILES string of the molecule is S=C1N[C@H](c2ccccn2)[C@@H](c2cccn2C2CCCC2)N1CCN1CCOCC1. The van der Waals surface area contributed by atoms with E-state index in [9.17, 15) is 0 Å². The molecule has 0 aromatic carbocycles. The number of rotatable bonds is 6. The Labute approximate surface area is 184 Å². The molecule has 2 aromatic heterocycles. The fourth-order valence-electron chi connectivity index (χ4n) is 5.21. The molecule has 6 nitrogen and oxygen atoms in total. The number of hydrogen-bond donors (Lipinski definition) is 1. The minimum absolute atomic E-state index is 0.0680. The zero-order valence-corrected chi connectivity index (χ0v) is 18.3. The molecule has 30 heavy (non-hydrogen) atoms. The van der Waals surface area contributed by atoms with Crippen molar-refractivity contribution in [2.24, 2.45) is 0 Å². The maximum atomic E-state index is 5.85. The largest absolute Gasteiger partial charge is 0.379 e. The molecule has 0 amide bonds. The van der Waals surface area contributed by atoms with Crippen LogP contribution in [-0.2, 0) is 4.74 Å². The van der Waals surface area contributed by atoms with Gasteiger partial charge in [0.2, 0.25) is 0 Å². The molecule has 3 aliphatic rings. The number of nitrogens with one attached hydrogen (secondary N) is 1. The number of ether oxygens (including phenoxy) is 1. The highest BCUT2D eigenvalue weighted by molar-refractivity contribution is 7.80. The lowest BCUT2D eigenvalue weighted by Crippen LogP contribution is -2.42. The van der Waals surface area contributed by atoms with Crippen molar-refractivity contribution in [3.05, 3.63) is 54.1 Å². The normalized spacial score (nSPS) is 25.7. The van der Waals surface area contributed by atoms with Crippen molar-refractivity contribution in [3.8, 4) is 0 Å². The summed E-state index contributed by atoms with van der Waals surface area (Å²) >= 11 is 5.85. The maximum absolute atomic E-state index is 5.85. The van der Waals surface area contributed by atoms with Gasteiger partial charge in [0.25, 0.3) is 0 Å². The summed E-state index contributed by atoms with van der Waals surface area (Å²) in [4.78, 5) is 9.56. The number of hydrogen-bond acceptors (Lipinski definition) is 4. The average Bonchev–Trinajstić information content (AvgIpc) is 3.53. The van der Waals surface area contributed by atoms with Crippen molar-refractivity contribution in [1.29, 1.82) is 0 Å². The van der Waals surface area contributed by atoms with Gasteiger partial charge in [0, 0.05) is 50.3 Å². The number of nitrogens with zero attached hydrogens (tertiary/aromatic N) is 4. The topological polar surface area (TPSA) is 45.6 Å². The molecule has 0 spiro atoms. The Balaban J connectivity index is 1.44. The van der Waals surface area contributed by atoms with Crippen LogP contribution in [0.5, 0.6) is 0 Å². The third-order valence-electron chi connectivity index (χ3n) is 6.79. The van der Waals surface area contributed by atoms with Gasteiger partial charge in [-0.05, 0) is 49.3 Å². The molecule has 1 N–H and O–H groups in total. The van der Waals surface area contributed by atoms with Crippen LogP contribution in [0, 0.1) is 0 Å². The zero-order valence-electron chi connectivity index (χ0n) is 17.4. The Bertz CT molecular complexity index is 844. The van der Waals surface area contributed by atoms with E-state index in [0.717, 1.165) is 50.2 Å². The molecule has 1 aliphatic carbocycles. The fraction of sp³-hybridized carbons (Fsp3) is 0.565. The van der Waals surface area contributed by atoms with E-state index in [1.807, 2.05) is 12.3 Å². The molecule has 5 rings (SSSR count). The van der Waals surface area contributed by atoms with Crippen LogP contribution < -0.4 is 5.32 Å². The van der Waals surface area contributed by atoms with E-state index in [1.165, 1.54) is 31.4 Å². The first-order valence-electron chi connectivity index (χ1n) is 11.3. The molecule has 2 saturated heterocycles.